The summed E-state index contributed by atoms with van der Waals surface area (Å²) in [5, 5.41) is 2.84. The van der Waals surface area contributed by atoms with Gasteiger partial charge in [-0.3, -0.25) is 9.78 Å². The number of imidazole rings is 1. The van der Waals surface area contributed by atoms with Gasteiger partial charge in [-0.2, -0.15) is 0 Å². The van der Waals surface area contributed by atoms with Crippen LogP contribution in [-0.2, 0) is 7.05 Å². The summed E-state index contributed by atoms with van der Waals surface area (Å²) in [5.41, 5.74) is 0.725. The summed E-state index contributed by atoms with van der Waals surface area (Å²) in [6, 6.07) is 7.26. The summed E-state index contributed by atoms with van der Waals surface area (Å²) in [6.45, 7) is 0. The molecule has 1 aromatic carbocycles. The van der Waals surface area contributed by atoms with Gasteiger partial charge in [-0.1, -0.05) is 18.2 Å². The number of nitrogens with one attached hydrogen (secondary N) is 1. The van der Waals surface area contributed by atoms with Gasteiger partial charge in [0.05, 0.1) is 5.56 Å². The fraction of sp³-hybridized carbons (Fsp3) is 0.118. The number of carbonyl (C=O) groups is 1. The normalized spacial score (nSPS) is 12.0. The summed E-state index contributed by atoms with van der Waals surface area (Å²) in [5.74, 6) is -0.227. The molecule has 0 bridgehead atoms. The summed E-state index contributed by atoms with van der Waals surface area (Å²) >= 11 is 3.28. The first-order valence-corrected chi connectivity index (χ1v) is 7.98. The molecule has 5 nitrogen and oxygen atoms in total. The zero-order valence-electron chi connectivity index (χ0n) is 12.8. The van der Waals surface area contributed by atoms with Gasteiger partial charge in [0.15, 0.2) is 0 Å². The van der Waals surface area contributed by atoms with Crippen LogP contribution in [0.5, 0.6) is 0 Å². The van der Waals surface area contributed by atoms with Crippen LogP contribution in [0.1, 0.15) is 27.8 Å². The molecule has 1 atom stereocenters. The van der Waals surface area contributed by atoms with E-state index in [0.717, 1.165) is 0 Å². The fourth-order valence-electron chi connectivity index (χ4n) is 2.40. The molecule has 0 aliphatic heterocycles. The molecule has 3 aromatic rings. The first-order chi connectivity index (χ1) is 11.6. The lowest BCUT2D eigenvalue weighted by molar-refractivity contribution is 0.0940. The molecule has 0 radical (unpaired) electrons. The average molecular weight is 389 g/mol. The van der Waals surface area contributed by atoms with Crippen molar-refractivity contribution >= 4 is 21.8 Å². The molecular weight excluding hydrogens is 375 g/mol. The topological polar surface area (TPSA) is 59.8 Å². The van der Waals surface area contributed by atoms with Crippen molar-refractivity contribution in [2.24, 2.45) is 7.05 Å². The van der Waals surface area contributed by atoms with E-state index >= 15 is 0 Å². The van der Waals surface area contributed by atoms with Gasteiger partial charge in [-0.15, -0.1) is 0 Å². The van der Waals surface area contributed by atoms with E-state index in [0.29, 0.717) is 21.4 Å². The molecule has 0 saturated heterocycles. The number of pyridine rings is 1. The van der Waals surface area contributed by atoms with Gasteiger partial charge in [0, 0.05) is 41.9 Å². The van der Waals surface area contributed by atoms with Crippen molar-refractivity contribution in [3.63, 3.8) is 0 Å². The molecule has 0 aliphatic rings. The van der Waals surface area contributed by atoms with E-state index in [4.69, 9.17) is 0 Å². The molecule has 1 N–H and O–H groups in total. The summed E-state index contributed by atoms with van der Waals surface area (Å²) in [7, 11) is 1.79. The van der Waals surface area contributed by atoms with Gasteiger partial charge in [-0.05, 0) is 28.1 Å². The Labute approximate surface area is 146 Å². The van der Waals surface area contributed by atoms with Crippen LogP contribution in [-0.4, -0.2) is 20.4 Å². The molecule has 7 heteroatoms. The highest BCUT2D eigenvalue weighted by atomic mass is 79.9. The highest BCUT2D eigenvalue weighted by Gasteiger charge is 2.24. The van der Waals surface area contributed by atoms with Crippen molar-refractivity contribution in [3.8, 4) is 0 Å². The maximum absolute atomic E-state index is 14.3. The molecule has 1 unspecified atom stereocenters. The van der Waals surface area contributed by atoms with E-state index in [1.54, 1.807) is 54.5 Å². The third-order valence-corrected chi connectivity index (χ3v) is 4.01. The number of aryl methyl sites for hydroxylation is 1. The predicted molar refractivity (Wildman–Crippen MR) is 90.9 cm³/mol. The van der Waals surface area contributed by atoms with Gasteiger partial charge in [-0.25, -0.2) is 9.37 Å². The Kier molecular flexibility index (Phi) is 4.71. The van der Waals surface area contributed by atoms with Gasteiger partial charge in [0.1, 0.15) is 17.7 Å². The molecule has 2 heterocycles. The highest BCUT2D eigenvalue weighted by molar-refractivity contribution is 9.10. The molecule has 2 aromatic heterocycles. The molecule has 0 aliphatic carbocycles. The van der Waals surface area contributed by atoms with E-state index in [9.17, 15) is 9.18 Å². The van der Waals surface area contributed by atoms with Crippen molar-refractivity contribution in [2.75, 3.05) is 0 Å². The van der Waals surface area contributed by atoms with E-state index < -0.39 is 11.9 Å². The molecular formula is C17H14BrFN4O. The standard InChI is InChI=1S/C17H14BrFN4O/c1-23-7-6-21-16(23)15(13-4-2-3-5-14(13)19)22-17(24)11-8-12(18)10-20-9-11/h2-10,15H,1H3,(H,22,24). The van der Waals surface area contributed by atoms with E-state index in [1.807, 2.05) is 0 Å². The Balaban J connectivity index is 1.98. The van der Waals surface area contributed by atoms with Crippen LogP contribution in [0.3, 0.4) is 0 Å². The Morgan fingerprint density at radius 1 is 1.33 bits per heavy atom. The zero-order chi connectivity index (χ0) is 17.1. The lowest BCUT2D eigenvalue weighted by atomic mass is 10.0. The molecule has 0 spiro atoms. The second-order valence-electron chi connectivity index (χ2n) is 5.22. The molecule has 24 heavy (non-hydrogen) atoms. The number of carbonyl (C=O) groups excluding carboxylic acids is 1. The lowest BCUT2D eigenvalue weighted by Crippen LogP contribution is -2.31. The van der Waals surface area contributed by atoms with Crippen molar-refractivity contribution < 1.29 is 9.18 Å². The van der Waals surface area contributed by atoms with Crippen molar-refractivity contribution in [1.82, 2.24) is 19.9 Å². The summed E-state index contributed by atoms with van der Waals surface area (Å²) in [6.07, 6.45) is 6.40. The monoisotopic (exact) mass is 388 g/mol. The Morgan fingerprint density at radius 2 is 2.12 bits per heavy atom. The second-order valence-corrected chi connectivity index (χ2v) is 6.13. The SMILES string of the molecule is Cn1ccnc1C(NC(=O)c1cncc(Br)c1)c1ccccc1F. The van der Waals surface area contributed by atoms with E-state index in [1.165, 1.54) is 12.3 Å². The highest BCUT2D eigenvalue weighted by Crippen LogP contribution is 2.23. The molecule has 0 fully saturated rings. The summed E-state index contributed by atoms with van der Waals surface area (Å²) in [4.78, 5) is 20.8. The van der Waals surface area contributed by atoms with Crippen molar-refractivity contribution in [1.29, 1.82) is 0 Å². The van der Waals surface area contributed by atoms with Gasteiger partial charge in [0.25, 0.3) is 5.91 Å². The van der Waals surface area contributed by atoms with Crippen LogP contribution in [0.4, 0.5) is 4.39 Å². The fourth-order valence-corrected chi connectivity index (χ4v) is 2.76. The van der Waals surface area contributed by atoms with Crippen LogP contribution < -0.4 is 5.32 Å². The third kappa shape index (κ3) is 3.35. The van der Waals surface area contributed by atoms with Crippen LogP contribution in [0, 0.1) is 5.82 Å². The quantitative estimate of drug-likeness (QED) is 0.746. The first-order valence-electron chi connectivity index (χ1n) is 7.19. The number of aromatic nitrogens is 3. The minimum absolute atomic E-state index is 0.350. The number of hydrogen-bond donors (Lipinski definition) is 1. The van der Waals surface area contributed by atoms with Crippen molar-refractivity contribution in [2.45, 2.75) is 6.04 Å². The Hall–Kier alpha value is -2.54. The number of benzene rings is 1. The lowest BCUT2D eigenvalue weighted by Gasteiger charge is -2.19. The number of rotatable bonds is 4. The zero-order valence-corrected chi connectivity index (χ0v) is 14.4. The van der Waals surface area contributed by atoms with Gasteiger partial charge >= 0.3 is 0 Å². The average Bonchev–Trinajstić information content (AvgIpc) is 2.99. The molecule has 3 rings (SSSR count). The minimum atomic E-state index is -0.710. The number of halogens is 2. The van der Waals surface area contributed by atoms with Crippen LogP contribution in [0.2, 0.25) is 0 Å². The minimum Gasteiger partial charge on any atom is -0.338 e. The van der Waals surface area contributed by atoms with E-state index in [-0.39, 0.29) is 5.91 Å². The van der Waals surface area contributed by atoms with Gasteiger partial charge in [0.2, 0.25) is 0 Å². The maximum atomic E-state index is 14.3. The molecule has 122 valence electrons. The van der Waals surface area contributed by atoms with E-state index in [2.05, 4.69) is 31.2 Å². The number of amides is 1. The number of nitrogens with zero attached hydrogens (tertiary/aromatic N) is 3. The van der Waals surface area contributed by atoms with Crippen LogP contribution in [0.15, 0.2) is 59.6 Å². The largest absolute Gasteiger partial charge is 0.338 e. The predicted octanol–water partition coefficient (Wildman–Crippen LogP) is 3.24. The summed E-state index contributed by atoms with van der Waals surface area (Å²) < 4.78 is 16.7. The second kappa shape index (κ2) is 6.92. The third-order valence-electron chi connectivity index (χ3n) is 3.58. The van der Waals surface area contributed by atoms with Crippen molar-refractivity contribution in [3.05, 3.63) is 82.4 Å². The number of hydrogen-bond acceptors (Lipinski definition) is 3. The van der Waals surface area contributed by atoms with Crippen LogP contribution >= 0.6 is 15.9 Å². The maximum Gasteiger partial charge on any atom is 0.253 e. The molecule has 1 amide bonds. The van der Waals surface area contributed by atoms with Crippen LogP contribution in [0.25, 0.3) is 0 Å². The van der Waals surface area contributed by atoms with Gasteiger partial charge < -0.3 is 9.88 Å². The Morgan fingerprint density at radius 3 is 2.79 bits per heavy atom. The molecule has 0 saturated carbocycles. The Bertz CT molecular complexity index is 880. The smallest absolute Gasteiger partial charge is 0.253 e. The first kappa shape index (κ1) is 16.3.